The monoisotopic (exact) mass is 443 g/mol. The predicted octanol–water partition coefficient (Wildman–Crippen LogP) is 2.33. The van der Waals surface area contributed by atoms with Crippen molar-refractivity contribution in [1.82, 2.24) is 0 Å². The van der Waals surface area contributed by atoms with Crippen molar-refractivity contribution in [2.75, 3.05) is 0 Å². The Kier molecular flexibility index (Phi) is 5.94. The smallest absolute Gasteiger partial charge is 0.137 e. The van der Waals surface area contributed by atoms with Gasteiger partial charge in [0.05, 0.1) is 9.79 Å². The van der Waals surface area contributed by atoms with Gasteiger partial charge in [-0.1, -0.05) is 60.7 Å². The fourth-order valence-electron chi connectivity index (χ4n) is 3.01. The van der Waals surface area contributed by atoms with Crippen molar-refractivity contribution in [3.8, 4) is 0 Å². The van der Waals surface area contributed by atoms with Crippen molar-refractivity contribution in [1.29, 1.82) is 0 Å². The van der Waals surface area contributed by atoms with Gasteiger partial charge in [0.15, 0.2) is 0 Å². The zero-order valence-corrected chi connectivity index (χ0v) is 16.9. The molecule has 0 unspecified atom stereocenters. The lowest BCUT2D eigenvalue weighted by molar-refractivity contribution is -0.210. The van der Waals surface area contributed by atoms with Crippen LogP contribution in [0, 0.1) is 0 Å². The fourth-order valence-corrected chi connectivity index (χ4v) is 4.39. The summed E-state index contributed by atoms with van der Waals surface area (Å²) in [7, 11) is -9.48. The van der Waals surface area contributed by atoms with Crippen molar-refractivity contribution in [3.63, 3.8) is 0 Å². The van der Waals surface area contributed by atoms with Gasteiger partial charge in [0.1, 0.15) is 25.9 Å². The maximum atomic E-state index is 11.0. The Morgan fingerprint density at radius 1 is 0.600 bits per heavy atom. The summed E-state index contributed by atoms with van der Waals surface area (Å²) in [6.07, 6.45) is 0. The zero-order chi connectivity index (χ0) is 21.9. The molecule has 0 aromatic heterocycles. The van der Waals surface area contributed by atoms with Crippen LogP contribution in [0.4, 0.5) is 5.69 Å². The van der Waals surface area contributed by atoms with Gasteiger partial charge in [-0.2, -0.15) is 5.53 Å². The first kappa shape index (κ1) is 21.5. The van der Waals surface area contributed by atoms with Crippen LogP contribution in [0.2, 0.25) is 0 Å². The number of nitrogens with two attached hydrogens (primary N) is 1. The van der Waals surface area contributed by atoms with Crippen LogP contribution in [0.1, 0.15) is 0 Å². The van der Waals surface area contributed by atoms with Gasteiger partial charge in [0.25, 0.3) is 0 Å². The Labute approximate surface area is 172 Å². The minimum absolute atomic E-state index is 0.0792. The summed E-state index contributed by atoms with van der Waals surface area (Å²) in [4.78, 5) is -1.10. The summed E-state index contributed by atoms with van der Waals surface area (Å²) in [6, 6.07) is 21.0. The Morgan fingerprint density at radius 3 is 1.53 bits per heavy atom. The van der Waals surface area contributed by atoms with E-state index in [4.69, 9.17) is 5.53 Å². The number of hydrogen-bond acceptors (Lipinski definition) is 7. The number of nitrogens with zero attached hydrogens (tertiary/aromatic N) is 1. The molecule has 30 heavy (non-hydrogen) atoms. The minimum atomic E-state index is -4.74. The average Bonchev–Trinajstić information content (AvgIpc) is 2.71. The van der Waals surface area contributed by atoms with E-state index in [1.165, 1.54) is 29.7 Å². The molecule has 154 valence electrons. The maximum absolute atomic E-state index is 11.0. The van der Waals surface area contributed by atoms with Crippen LogP contribution >= 0.6 is 0 Å². The molecule has 10 heteroatoms. The lowest BCUT2D eigenvalue weighted by atomic mass is 10.1. The third-order valence-corrected chi connectivity index (χ3v) is 6.08. The van der Waals surface area contributed by atoms with E-state index >= 15 is 0 Å². The molecule has 0 radical (unpaired) electrons. The summed E-state index contributed by atoms with van der Waals surface area (Å²) in [6.45, 7) is 0. The summed E-state index contributed by atoms with van der Waals surface area (Å²) < 4.78 is 66.1. The molecule has 0 heterocycles. The molecule has 2 N–H and O–H groups in total. The van der Waals surface area contributed by atoms with Crippen LogP contribution in [0.15, 0.2) is 93.8 Å². The van der Waals surface area contributed by atoms with Crippen molar-refractivity contribution >= 4 is 47.5 Å². The summed E-state index contributed by atoms with van der Waals surface area (Å²) in [5, 5.41) is 5.81. The molecule has 0 atom stereocenters. The molecule has 0 bridgehead atoms. The van der Waals surface area contributed by atoms with E-state index in [1.807, 2.05) is 42.5 Å². The molecule has 0 aliphatic carbocycles. The summed E-state index contributed by atoms with van der Waals surface area (Å²) >= 11 is 0. The summed E-state index contributed by atoms with van der Waals surface area (Å²) in [5.74, 6) is 0. The molecule has 0 aliphatic rings. The highest BCUT2D eigenvalue weighted by Gasteiger charge is 2.12. The molecule has 4 aromatic rings. The first-order chi connectivity index (χ1) is 14.1. The summed E-state index contributed by atoms with van der Waals surface area (Å²) in [5.41, 5.74) is 6.08. The fraction of sp³-hybridized carbons (Fsp3) is 0. The molecule has 0 saturated carbocycles. The molecule has 0 spiro atoms. The van der Waals surface area contributed by atoms with Gasteiger partial charge in [-0.3, -0.25) is 0 Å². The van der Waals surface area contributed by atoms with Gasteiger partial charge >= 0.3 is 0 Å². The van der Waals surface area contributed by atoms with E-state index in [2.05, 4.69) is 5.11 Å². The first-order valence-electron chi connectivity index (χ1n) is 8.45. The highest BCUT2D eigenvalue weighted by Crippen LogP contribution is 2.28. The maximum Gasteiger partial charge on any atom is 0.137 e. The van der Waals surface area contributed by atoms with Crippen molar-refractivity contribution in [2.24, 2.45) is 5.11 Å². The minimum Gasteiger partial charge on any atom is -0.744 e. The van der Waals surface area contributed by atoms with E-state index in [1.54, 1.807) is 0 Å². The lowest BCUT2D eigenvalue weighted by Crippen LogP contribution is -2.21. The van der Waals surface area contributed by atoms with Gasteiger partial charge < -0.3 is 9.11 Å². The second-order valence-electron chi connectivity index (χ2n) is 6.14. The van der Waals surface area contributed by atoms with Crippen LogP contribution in [-0.4, -0.2) is 25.9 Å². The molecular formula is C20H15N2O6S2-. The predicted molar refractivity (Wildman–Crippen MR) is 108 cm³/mol. The SMILES string of the molecule is O=S(=O)([O-])c1cccc2c(S(=O)(=O)[O-])cccc12.[NH2+]=Nc1cccc2ccccc12. The van der Waals surface area contributed by atoms with Gasteiger partial charge in [-0.05, 0) is 28.7 Å². The Morgan fingerprint density at radius 2 is 1.03 bits per heavy atom. The second-order valence-corrected chi connectivity index (χ2v) is 8.84. The van der Waals surface area contributed by atoms with Crippen LogP contribution < -0.4 is 5.53 Å². The second kappa shape index (κ2) is 8.28. The standard InChI is InChI=1S/C10H8N2.C10H8O6S2/c11-12-10-7-3-5-8-4-1-2-6-9(8)10;11-17(12,13)9-5-1-3-7-8(9)4-2-6-10(7)18(14,15)16/h1-7,11H;1-6H,(H,11,12,13)(H,14,15,16)/p-1. The third-order valence-electron chi connectivity index (χ3n) is 4.29. The molecule has 8 nitrogen and oxygen atoms in total. The highest BCUT2D eigenvalue weighted by atomic mass is 32.2. The Hall–Kier alpha value is -3.18. The van der Waals surface area contributed by atoms with E-state index in [-0.39, 0.29) is 10.8 Å². The molecule has 0 fully saturated rings. The van der Waals surface area contributed by atoms with Crippen LogP contribution in [0.25, 0.3) is 21.5 Å². The van der Waals surface area contributed by atoms with E-state index < -0.39 is 30.0 Å². The Balaban J connectivity index is 0.000000184. The van der Waals surface area contributed by atoms with Gasteiger partial charge in [-0.15, -0.1) is 0 Å². The highest BCUT2D eigenvalue weighted by molar-refractivity contribution is 7.86. The van der Waals surface area contributed by atoms with Crippen molar-refractivity contribution < 1.29 is 31.5 Å². The number of benzene rings is 4. The first-order valence-corrected chi connectivity index (χ1v) is 11.3. The average molecular weight is 443 g/mol. The largest absolute Gasteiger partial charge is 0.744 e. The Bertz CT molecular complexity index is 1390. The van der Waals surface area contributed by atoms with Crippen LogP contribution in [-0.2, 0) is 20.2 Å². The van der Waals surface area contributed by atoms with Gasteiger partial charge in [-0.25, -0.2) is 16.8 Å². The van der Waals surface area contributed by atoms with Crippen LogP contribution in [0.5, 0.6) is 0 Å². The third kappa shape index (κ3) is 4.52. The van der Waals surface area contributed by atoms with Crippen LogP contribution in [0.3, 0.4) is 0 Å². The quantitative estimate of drug-likeness (QED) is 0.379. The van der Waals surface area contributed by atoms with E-state index in [9.17, 15) is 25.9 Å². The topological polar surface area (TPSA) is 152 Å². The van der Waals surface area contributed by atoms with Gasteiger partial charge in [0, 0.05) is 16.2 Å². The molecular weight excluding hydrogens is 428 g/mol. The van der Waals surface area contributed by atoms with Crippen molar-refractivity contribution in [3.05, 3.63) is 78.9 Å². The van der Waals surface area contributed by atoms with E-state index in [0.717, 1.165) is 23.2 Å². The molecule has 0 aliphatic heterocycles. The zero-order valence-electron chi connectivity index (χ0n) is 15.3. The normalized spacial score (nSPS) is 11.7. The lowest BCUT2D eigenvalue weighted by Gasteiger charge is -2.14. The van der Waals surface area contributed by atoms with Gasteiger partial charge in [0.2, 0.25) is 0 Å². The molecule has 0 saturated heterocycles. The molecule has 4 rings (SSSR count). The molecule has 0 amide bonds. The van der Waals surface area contributed by atoms with E-state index in [0.29, 0.717) is 0 Å². The number of rotatable bonds is 3. The number of fused-ring (bicyclic) bond motifs is 2. The van der Waals surface area contributed by atoms with Crippen molar-refractivity contribution in [2.45, 2.75) is 9.79 Å². The molecule has 4 aromatic carbocycles. The number of hydrogen-bond donors (Lipinski definition) is 1.